The Labute approximate surface area is 130 Å². The van der Waals surface area contributed by atoms with Gasteiger partial charge in [-0.2, -0.15) is 0 Å². The number of benzene rings is 2. The van der Waals surface area contributed by atoms with Crippen LogP contribution in [0.1, 0.15) is 11.1 Å². The van der Waals surface area contributed by atoms with Crippen molar-refractivity contribution >= 4 is 17.2 Å². The first-order chi connectivity index (χ1) is 10.5. The smallest absolute Gasteiger partial charge is 0.255 e. The molecule has 0 atom stereocenters. The fraction of sp³-hybridized carbons (Fsp3) is 0.167. The average Bonchev–Trinajstić information content (AvgIpc) is 2.54. The average molecular weight is 297 g/mol. The molecule has 4 heteroatoms. The van der Waals surface area contributed by atoms with Gasteiger partial charge >= 0.3 is 0 Å². The Morgan fingerprint density at radius 1 is 1.05 bits per heavy atom. The summed E-state index contributed by atoms with van der Waals surface area (Å²) in [6, 6.07) is 12.8. The summed E-state index contributed by atoms with van der Waals surface area (Å²) in [7, 11) is 3.12. The summed E-state index contributed by atoms with van der Waals surface area (Å²) in [4.78, 5) is 12.4. The van der Waals surface area contributed by atoms with Gasteiger partial charge in [0.25, 0.3) is 5.91 Å². The lowest BCUT2D eigenvalue weighted by Gasteiger charge is -2.12. The van der Waals surface area contributed by atoms with Crippen molar-refractivity contribution in [1.29, 1.82) is 0 Å². The Morgan fingerprint density at radius 3 is 2.18 bits per heavy atom. The van der Waals surface area contributed by atoms with Gasteiger partial charge in [0.1, 0.15) is 11.5 Å². The molecule has 0 fully saturated rings. The van der Waals surface area contributed by atoms with E-state index in [4.69, 9.17) is 9.47 Å². The molecular weight excluding hydrogens is 278 g/mol. The van der Waals surface area contributed by atoms with E-state index in [1.165, 1.54) is 0 Å². The van der Waals surface area contributed by atoms with Crippen molar-refractivity contribution in [3.63, 3.8) is 0 Å². The van der Waals surface area contributed by atoms with Gasteiger partial charge in [0.05, 0.1) is 14.2 Å². The van der Waals surface area contributed by atoms with E-state index >= 15 is 0 Å². The summed E-state index contributed by atoms with van der Waals surface area (Å²) in [5.74, 6) is 0.955. The number of carbonyl (C=O) groups excluding carboxylic acids is 1. The van der Waals surface area contributed by atoms with Crippen LogP contribution in [-0.2, 0) is 4.79 Å². The number of rotatable bonds is 5. The molecule has 0 bridgehead atoms. The molecule has 0 aromatic heterocycles. The van der Waals surface area contributed by atoms with Crippen LogP contribution in [0.2, 0.25) is 0 Å². The minimum atomic E-state index is -0.260. The van der Waals surface area contributed by atoms with Crippen molar-refractivity contribution in [3.8, 4) is 11.5 Å². The highest BCUT2D eigenvalue weighted by Gasteiger charge is 2.12. The molecule has 1 N–H and O–H groups in total. The van der Waals surface area contributed by atoms with Crippen molar-refractivity contribution in [1.82, 2.24) is 0 Å². The van der Waals surface area contributed by atoms with E-state index in [9.17, 15) is 4.79 Å². The van der Waals surface area contributed by atoms with Crippen molar-refractivity contribution in [2.75, 3.05) is 19.5 Å². The topological polar surface area (TPSA) is 47.6 Å². The molecule has 2 aromatic rings. The standard InChI is InChI=1S/C18H19NO3/c1-12-7-5-6-8-17(12)13(2)18(20)19-14-9-15(21-3)11-16(10-14)22-4/h5-11H,2H2,1,3-4H3,(H,19,20). The minimum Gasteiger partial charge on any atom is -0.497 e. The predicted molar refractivity (Wildman–Crippen MR) is 88.4 cm³/mol. The molecule has 4 nitrogen and oxygen atoms in total. The molecule has 0 heterocycles. The quantitative estimate of drug-likeness (QED) is 0.857. The summed E-state index contributed by atoms with van der Waals surface area (Å²) in [5, 5.41) is 2.82. The van der Waals surface area contributed by atoms with Gasteiger partial charge < -0.3 is 14.8 Å². The second-order valence-corrected chi connectivity index (χ2v) is 4.85. The second kappa shape index (κ2) is 6.80. The van der Waals surface area contributed by atoms with E-state index in [0.717, 1.165) is 11.1 Å². The molecule has 0 aliphatic carbocycles. The maximum absolute atomic E-state index is 12.4. The molecule has 114 valence electrons. The molecule has 0 aliphatic rings. The zero-order valence-corrected chi connectivity index (χ0v) is 13.0. The molecule has 2 rings (SSSR count). The maximum Gasteiger partial charge on any atom is 0.255 e. The number of hydrogen-bond acceptors (Lipinski definition) is 3. The number of hydrogen-bond donors (Lipinski definition) is 1. The van der Waals surface area contributed by atoms with Crippen molar-refractivity contribution in [2.45, 2.75) is 6.92 Å². The number of nitrogens with one attached hydrogen (secondary N) is 1. The normalized spacial score (nSPS) is 9.95. The largest absolute Gasteiger partial charge is 0.497 e. The van der Waals surface area contributed by atoms with Gasteiger partial charge in [-0.25, -0.2) is 0 Å². The summed E-state index contributed by atoms with van der Waals surface area (Å²) in [6.07, 6.45) is 0. The number of amides is 1. The fourth-order valence-electron chi connectivity index (χ4n) is 2.12. The Morgan fingerprint density at radius 2 is 1.64 bits per heavy atom. The molecular formula is C18H19NO3. The predicted octanol–water partition coefficient (Wildman–Crippen LogP) is 3.66. The lowest BCUT2D eigenvalue weighted by Crippen LogP contribution is -2.13. The van der Waals surface area contributed by atoms with Gasteiger partial charge in [0, 0.05) is 29.5 Å². The summed E-state index contributed by atoms with van der Waals surface area (Å²) in [5.41, 5.74) is 2.84. The second-order valence-electron chi connectivity index (χ2n) is 4.85. The molecule has 0 aliphatic heterocycles. The number of anilines is 1. The highest BCUT2D eigenvalue weighted by Crippen LogP contribution is 2.27. The number of methoxy groups -OCH3 is 2. The van der Waals surface area contributed by atoms with Crippen LogP contribution in [0.5, 0.6) is 11.5 Å². The third-order valence-corrected chi connectivity index (χ3v) is 3.35. The highest BCUT2D eigenvalue weighted by atomic mass is 16.5. The third kappa shape index (κ3) is 3.47. The van der Waals surface area contributed by atoms with E-state index in [1.807, 2.05) is 31.2 Å². The molecule has 22 heavy (non-hydrogen) atoms. The summed E-state index contributed by atoms with van der Waals surface area (Å²) < 4.78 is 10.4. The van der Waals surface area contributed by atoms with Crippen LogP contribution in [-0.4, -0.2) is 20.1 Å². The third-order valence-electron chi connectivity index (χ3n) is 3.35. The molecule has 2 aromatic carbocycles. The van der Waals surface area contributed by atoms with Crippen LogP contribution in [0.25, 0.3) is 5.57 Å². The molecule has 0 saturated heterocycles. The van der Waals surface area contributed by atoms with Crippen molar-refractivity contribution < 1.29 is 14.3 Å². The van der Waals surface area contributed by atoms with Gasteiger partial charge in [-0.05, 0) is 18.1 Å². The van der Waals surface area contributed by atoms with Crippen LogP contribution in [0.15, 0.2) is 49.0 Å². The number of ether oxygens (including phenoxy) is 2. The van der Waals surface area contributed by atoms with Crippen LogP contribution in [0.3, 0.4) is 0 Å². The van der Waals surface area contributed by atoms with Gasteiger partial charge in [0.2, 0.25) is 0 Å². The van der Waals surface area contributed by atoms with E-state index in [1.54, 1.807) is 32.4 Å². The maximum atomic E-state index is 12.4. The first kappa shape index (κ1) is 15.6. The Balaban J connectivity index is 2.22. The molecule has 1 amide bonds. The highest BCUT2D eigenvalue weighted by molar-refractivity contribution is 6.24. The number of aryl methyl sites for hydroxylation is 1. The van der Waals surface area contributed by atoms with Crippen LogP contribution in [0, 0.1) is 6.92 Å². The fourth-order valence-corrected chi connectivity index (χ4v) is 2.12. The van der Waals surface area contributed by atoms with Crippen molar-refractivity contribution in [3.05, 3.63) is 60.2 Å². The van der Waals surface area contributed by atoms with E-state index in [2.05, 4.69) is 11.9 Å². The van der Waals surface area contributed by atoms with Gasteiger partial charge in [-0.1, -0.05) is 30.8 Å². The first-order valence-corrected chi connectivity index (χ1v) is 6.84. The van der Waals surface area contributed by atoms with Crippen LogP contribution in [0.4, 0.5) is 5.69 Å². The van der Waals surface area contributed by atoms with E-state index in [0.29, 0.717) is 22.8 Å². The van der Waals surface area contributed by atoms with Crippen LogP contribution >= 0.6 is 0 Å². The Hall–Kier alpha value is -2.75. The summed E-state index contributed by atoms with van der Waals surface area (Å²) in [6.45, 7) is 5.84. The molecule has 0 unspecified atom stereocenters. The Kier molecular flexibility index (Phi) is 4.84. The molecule has 0 radical (unpaired) electrons. The van der Waals surface area contributed by atoms with Gasteiger partial charge in [-0.15, -0.1) is 0 Å². The zero-order valence-electron chi connectivity index (χ0n) is 13.0. The lowest BCUT2D eigenvalue weighted by atomic mass is 10.0. The first-order valence-electron chi connectivity index (χ1n) is 6.84. The van der Waals surface area contributed by atoms with E-state index < -0.39 is 0 Å². The van der Waals surface area contributed by atoms with Crippen LogP contribution < -0.4 is 14.8 Å². The molecule has 0 saturated carbocycles. The monoisotopic (exact) mass is 297 g/mol. The Bertz CT molecular complexity index is 685. The van der Waals surface area contributed by atoms with Gasteiger partial charge in [0.15, 0.2) is 0 Å². The minimum absolute atomic E-state index is 0.260. The van der Waals surface area contributed by atoms with E-state index in [-0.39, 0.29) is 5.91 Å². The number of carbonyl (C=O) groups is 1. The molecule has 0 spiro atoms. The lowest BCUT2D eigenvalue weighted by molar-refractivity contribution is -0.111. The summed E-state index contributed by atoms with van der Waals surface area (Å²) >= 11 is 0. The zero-order chi connectivity index (χ0) is 16.1. The van der Waals surface area contributed by atoms with Crippen molar-refractivity contribution in [2.24, 2.45) is 0 Å². The van der Waals surface area contributed by atoms with Gasteiger partial charge in [-0.3, -0.25) is 4.79 Å². The SMILES string of the molecule is C=C(C(=O)Nc1cc(OC)cc(OC)c1)c1ccccc1C.